The van der Waals surface area contributed by atoms with Crippen LogP contribution in [-0.4, -0.2) is 18.5 Å². The van der Waals surface area contributed by atoms with Gasteiger partial charge in [-0.1, -0.05) is 11.6 Å². The average molecular weight is 186 g/mol. The maximum atomic E-state index is 10.2. The third-order valence-electron chi connectivity index (χ3n) is 1.19. The third kappa shape index (κ3) is 2.48. The highest BCUT2D eigenvalue weighted by molar-refractivity contribution is 6.39. The number of hydrogen-bond acceptors (Lipinski definition) is 4. The number of nitrogens with one attached hydrogen (secondary N) is 1. The number of nitrogens with two attached hydrogens (primary N) is 1. The summed E-state index contributed by atoms with van der Waals surface area (Å²) in [6, 6.07) is -0.630. The molecule has 64 valence electrons. The van der Waals surface area contributed by atoms with E-state index in [2.05, 4.69) is 10.3 Å². The van der Waals surface area contributed by atoms with Crippen LogP contribution in [0.15, 0.2) is 28.1 Å². The number of aliphatic imine (C=N–C) groups is 1. The van der Waals surface area contributed by atoms with Gasteiger partial charge < -0.3 is 15.8 Å². The van der Waals surface area contributed by atoms with E-state index in [0.717, 1.165) is 0 Å². The van der Waals surface area contributed by atoms with Gasteiger partial charge in [0, 0.05) is 12.4 Å². The van der Waals surface area contributed by atoms with Crippen molar-refractivity contribution in [2.75, 3.05) is 0 Å². The Labute approximate surface area is 74.8 Å². The molecule has 3 N–H and O–H groups in total. The first-order valence-corrected chi connectivity index (χ1v) is 3.69. The zero-order valence-electron chi connectivity index (χ0n) is 6.20. The largest absolute Gasteiger partial charge is 0.345 e. The molecule has 0 fully saturated rings. The topological polar surface area (TPSA) is 67.5 Å². The van der Waals surface area contributed by atoms with Crippen LogP contribution in [0.4, 0.5) is 0 Å². The molecule has 1 aliphatic rings. The van der Waals surface area contributed by atoms with Gasteiger partial charge in [-0.2, -0.15) is 0 Å². The molecular formula is C7H8ClN3O. The fourth-order valence-electron chi connectivity index (χ4n) is 0.661. The molecule has 0 aromatic heterocycles. The molecule has 0 saturated heterocycles. The van der Waals surface area contributed by atoms with E-state index in [1.54, 1.807) is 6.20 Å². The molecule has 1 unspecified atom stereocenters. The zero-order valence-corrected chi connectivity index (χ0v) is 6.95. The molecule has 0 aromatic rings. The first-order valence-electron chi connectivity index (χ1n) is 3.31. The highest BCUT2D eigenvalue weighted by Crippen LogP contribution is 2.04. The third-order valence-corrected chi connectivity index (χ3v) is 1.40. The molecule has 5 heteroatoms. The SMILES string of the molecule is NC(C=O)/C=C1/N=CC(Cl)=CN1. The lowest BCUT2D eigenvalue weighted by Crippen LogP contribution is -2.21. The number of rotatable bonds is 2. The Bertz CT molecular complexity index is 270. The number of allylic oxidation sites excluding steroid dienone is 1. The van der Waals surface area contributed by atoms with Gasteiger partial charge in [0.15, 0.2) is 0 Å². The Balaban J connectivity index is 2.63. The number of nitrogens with zero attached hydrogens (tertiary/aromatic N) is 1. The number of halogens is 1. The van der Waals surface area contributed by atoms with E-state index in [1.807, 2.05) is 0 Å². The maximum absolute atomic E-state index is 10.2. The van der Waals surface area contributed by atoms with Crippen LogP contribution in [0, 0.1) is 0 Å². The molecule has 0 amide bonds. The van der Waals surface area contributed by atoms with E-state index in [-0.39, 0.29) is 0 Å². The Hall–Kier alpha value is -1.13. The van der Waals surface area contributed by atoms with Crippen LogP contribution in [0.2, 0.25) is 0 Å². The fraction of sp³-hybridized carbons (Fsp3) is 0.143. The maximum Gasteiger partial charge on any atom is 0.140 e. The summed E-state index contributed by atoms with van der Waals surface area (Å²) in [5.41, 5.74) is 5.33. The molecule has 1 aliphatic heterocycles. The standard InChI is InChI=1S/C7H8ClN3O/c8-5-2-10-7(11-3-5)1-6(9)4-12/h1-4,6,10H,9H2/b7-1+. The highest BCUT2D eigenvalue weighted by Gasteiger charge is 2.01. The van der Waals surface area contributed by atoms with Gasteiger partial charge in [0.25, 0.3) is 0 Å². The van der Waals surface area contributed by atoms with Gasteiger partial charge in [-0.05, 0) is 6.08 Å². The molecule has 1 rings (SSSR count). The van der Waals surface area contributed by atoms with E-state index in [4.69, 9.17) is 17.3 Å². The van der Waals surface area contributed by atoms with Gasteiger partial charge >= 0.3 is 0 Å². The smallest absolute Gasteiger partial charge is 0.140 e. The summed E-state index contributed by atoms with van der Waals surface area (Å²) in [4.78, 5) is 14.0. The Morgan fingerprint density at radius 3 is 3.00 bits per heavy atom. The lowest BCUT2D eigenvalue weighted by Gasteiger charge is -2.06. The van der Waals surface area contributed by atoms with Crippen LogP contribution in [0.3, 0.4) is 0 Å². The van der Waals surface area contributed by atoms with E-state index >= 15 is 0 Å². The number of carbonyl (C=O) groups excluding carboxylic acids is 1. The van der Waals surface area contributed by atoms with Crippen LogP contribution in [0.5, 0.6) is 0 Å². The van der Waals surface area contributed by atoms with Crippen molar-refractivity contribution in [2.45, 2.75) is 6.04 Å². The average Bonchev–Trinajstić information content (AvgIpc) is 2.09. The minimum Gasteiger partial charge on any atom is -0.345 e. The summed E-state index contributed by atoms with van der Waals surface area (Å²) in [6.07, 6.45) is 5.17. The second kappa shape index (κ2) is 4.04. The summed E-state index contributed by atoms with van der Waals surface area (Å²) < 4.78 is 0. The first-order chi connectivity index (χ1) is 5.72. The molecule has 4 nitrogen and oxygen atoms in total. The summed E-state index contributed by atoms with van der Waals surface area (Å²) in [6.45, 7) is 0. The van der Waals surface area contributed by atoms with E-state index in [1.165, 1.54) is 12.3 Å². The lowest BCUT2D eigenvalue weighted by molar-refractivity contribution is -0.108. The molecular weight excluding hydrogens is 178 g/mol. The normalized spacial score (nSPS) is 21.5. The van der Waals surface area contributed by atoms with Crippen molar-refractivity contribution >= 4 is 24.1 Å². The van der Waals surface area contributed by atoms with Crippen molar-refractivity contribution < 1.29 is 4.79 Å². The van der Waals surface area contributed by atoms with E-state index in [0.29, 0.717) is 17.1 Å². The Morgan fingerprint density at radius 1 is 1.75 bits per heavy atom. The first kappa shape index (κ1) is 8.96. The molecule has 1 atom stereocenters. The second-order valence-electron chi connectivity index (χ2n) is 2.20. The molecule has 12 heavy (non-hydrogen) atoms. The molecule has 1 heterocycles. The second-order valence-corrected chi connectivity index (χ2v) is 2.63. The minimum atomic E-state index is -0.630. The lowest BCUT2D eigenvalue weighted by atomic mass is 10.3. The van der Waals surface area contributed by atoms with Gasteiger partial charge in [-0.3, -0.25) is 0 Å². The van der Waals surface area contributed by atoms with Crippen molar-refractivity contribution in [3.8, 4) is 0 Å². The van der Waals surface area contributed by atoms with Crippen LogP contribution in [-0.2, 0) is 4.79 Å². The van der Waals surface area contributed by atoms with Crippen molar-refractivity contribution in [2.24, 2.45) is 10.7 Å². The van der Waals surface area contributed by atoms with Crippen molar-refractivity contribution in [3.63, 3.8) is 0 Å². The molecule has 0 bridgehead atoms. The summed E-state index contributed by atoms with van der Waals surface area (Å²) in [5, 5.41) is 3.27. The Kier molecular flexibility index (Phi) is 3.01. The van der Waals surface area contributed by atoms with Crippen LogP contribution in [0.25, 0.3) is 0 Å². The molecule has 0 saturated carbocycles. The summed E-state index contributed by atoms with van der Waals surface area (Å²) >= 11 is 5.57. The van der Waals surface area contributed by atoms with Crippen LogP contribution >= 0.6 is 11.6 Å². The zero-order chi connectivity index (χ0) is 8.97. The van der Waals surface area contributed by atoms with Crippen molar-refractivity contribution in [1.29, 1.82) is 0 Å². The fourth-order valence-corrected chi connectivity index (χ4v) is 0.765. The molecule has 0 aromatic carbocycles. The van der Waals surface area contributed by atoms with Crippen LogP contribution in [0.1, 0.15) is 0 Å². The Morgan fingerprint density at radius 2 is 2.50 bits per heavy atom. The van der Waals surface area contributed by atoms with Crippen molar-refractivity contribution in [3.05, 3.63) is 23.1 Å². The monoisotopic (exact) mass is 185 g/mol. The van der Waals surface area contributed by atoms with Gasteiger partial charge in [0.1, 0.15) is 12.1 Å². The minimum absolute atomic E-state index is 0.506. The predicted octanol–water partition coefficient (Wildman–Crippen LogP) is 0.108. The molecule has 0 spiro atoms. The van der Waals surface area contributed by atoms with E-state index in [9.17, 15) is 4.79 Å². The van der Waals surface area contributed by atoms with Gasteiger partial charge in [-0.15, -0.1) is 0 Å². The van der Waals surface area contributed by atoms with Gasteiger partial charge in [0.05, 0.1) is 11.1 Å². The summed E-state index contributed by atoms with van der Waals surface area (Å²) in [5.74, 6) is 0.527. The number of carbonyl (C=O) groups is 1. The predicted molar refractivity (Wildman–Crippen MR) is 47.7 cm³/mol. The number of aldehydes is 1. The summed E-state index contributed by atoms with van der Waals surface area (Å²) in [7, 11) is 0. The highest BCUT2D eigenvalue weighted by atomic mass is 35.5. The van der Waals surface area contributed by atoms with Crippen molar-refractivity contribution in [1.82, 2.24) is 5.32 Å². The van der Waals surface area contributed by atoms with Gasteiger partial charge in [-0.25, -0.2) is 4.99 Å². The molecule has 0 radical (unpaired) electrons. The molecule has 0 aliphatic carbocycles. The van der Waals surface area contributed by atoms with Gasteiger partial charge in [0.2, 0.25) is 0 Å². The quantitative estimate of drug-likeness (QED) is 0.600. The number of hydrogen-bond donors (Lipinski definition) is 2. The van der Waals surface area contributed by atoms with E-state index < -0.39 is 6.04 Å². The van der Waals surface area contributed by atoms with Crippen LogP contribution < -0.4 is 11.1 Å².